The predicted molar refractivity (Wildman–Crippen MR) is 68.5 cm³/mol. The van der Waals surface area contributed by atoms with Crippen molar-refractivity contribution in [1.82, 2.24) is 0 Å². The molecule has 0 aliphatic rings. The summed E-state index contributed by atoms with van der Waals surface area (Å²) in [6.45, 7) is 2.25. The van der Waals surface area contributed by atoms with Crippen LogP contribution in [0.25, 0.3) is 0 Å². The van der Waals surface area contributed by atoms with Crippen LogP contribution in [0.4, 0.5) is 0 Å². The lowest BCUT2D eigenvalue weighted by Gasteiger charge is -1.99. The van der Waals surface area contributed by atoms with Crippen LogP contribution in [-0.2, 0) is 0 Å². The lowest BCUT2D eigenvalue weighted by molar-refractivity contribution is 0.586. The quantitative estimate of drug-likeness (QED) is 0.429. The molecule has 15 heavy (non-hydrogen) atoms. The van der Waals surface area contributed by atoms with Crippen LogP contribution < -0.4 is 0 Å². The van der Waals surface area contributed by atoms with Crippen LogP contribution in [-0.4, -0.2) is 5.75 Å². The molecule has 0 aromatic heterocycles. The Labute approximate surface area is 98.6 Å². The fraction of sp³-hybridized carbons (Fsp3) is 0.769. The molecule has 2 heteroatoms. The summed E-state index contributed by atoms with van der Waals surface area (Å²) >= 11 is 1.57. The SMILES string of the molecule is CCCCCCCCCCSC#CC#N. The Morgan fingerprint density at radius 2 is 1.53 bits per heavy atom. The van der Waals surface area contributed by atoms with Gasteiger partial charge in [-0.3, -0.25) is 0 Å². The number of hydrogen-bond donors (Lipinski definition) is 0. The van der Waals surface area contributed by atoms with Gasteiger partial charge in [-0.15, -0.1) is 0 Å². The van der Waals surface area contributed by atoms with E-state index >= 15 is 0 Å². The highest BCUT2D eigenvalue weighted by molar-refractivity contribution is 8.03. The standard InChI is InChI=1S/C13H21NS/c1-2-3-4-5-6-7-8-9-12-15-13-10-11-14/h2-9,12H2,1H3. The maximum absolute atomic E-state index is 8.17. The van der Waals surface area contributed by atoms with Crippen molar-refractivity contribution in [1.29, 1.82) is 5.26 Å². The van der Waals surface area contributed by atoms with Crippen molar-refractivity contribution in [3.8, 4) is 17.2 Å². The summed E-state index contributed by atoms with van der Waals surface area (Å²) in [4.78, 5) is 0. The van der Waals surface area contributed by atoms with Crippen molar-refractivity contribution in [2.75, 3.05) is 5.75 Å². The van der Waals surface area contributed by atoms with Gasteiger partial charge in [-0.25, -0.2) is 0 Å². The molecule has 0 saturated carbocycles. The predicted octanol–water partition coefficient (Wildman–Crippen LogP) is 4.34. The fourth-order valence-electron chi connectivity index (χ4n) is 1.42. The summed E-state index contributed by atoms with van der Waals surface area (Å²) in [6, 6.07) is 1.82. The molecule has 0 aliphatic heterocycles. The molecule has 0 aromatic rings. The molecule has 0 rings (SSSR count). The summed E-state index contributed by atoms with van der Waals surface area (Å²) in [5, 5.41) is 10.9. The molecule has 0 aliphatic carbocycles. The molecule has 0 unspecified atom stereocenters. The Morgan fingerprint density at radius 3 is 2.13 bits per heavy atom. The highest BCUT2D eigenvalue weighted by Gasteiger charge is 1.91. The van der Waals surface area contributed by atoms with Crippen LogP contribution in [0.1, 0.15) is 58.3 Å². The lowest BCUT2D eigenvalue weighted by atomic mass is 10.1. The highest BCUT2D eigenvalue weighted by Crippen LogP contribution is 2.10. The molecule has 0 saturated heterocycles. The molecule has 0 aromatic carbocycles. The normalized spacial score (nSPS) is 9.07. The second-order valence-electron chi connectivity index (χ2n) is 3.66. The highest BCUT2D eigenvalue weighted by atomic mass is 32.2. The Morgan fingerprint density at radius 1 is 0.933 bits per heavy atom. The minimum Gasteiger partial charge on any atom is -0.183 e. The molecule has 0 bridgehead atoms. The van der Waals surface area contributed by atoms with E-state index in [2.05, 4.69) is 18.1 Å². The topological polar surface area (TPSA) is 23.8 Å². The second kappa shape index (κ2) is 13.4. The van der Waals surface area contributed by atoms with Crippen molar-refractivity contribution < 1.29 is 0 Å². The smallest absolute Gasteiger partial charge is 0.153 e. The average Bonchev–Trinajstić information content (AvgIpc) is 2.26. The first-order valence-electron chi connectivity index (χ1n) is 5.92. The molecule has 0 atom stereocenters. The van der Waals surface area contributed by atoms with Gasteiger partial charge in [0.05, 0.1) is 0 Å². The van der Waals surface area contributed by atoms with Gasteiger partial charge in [-0.2, -0.15) is 5.26 Å². The van der Waals surface area contributed by atoms with Gasteiger partial charge in [-0.1, -0.05) is 63.6 Å². The number of thioether (sulfide) groups is 1. The minimum absolute atomic E-state index is 1.07. The number of nitriles is 1. The largest absolute Gasteiger partial charge is 0.183 e. The molecule has 1 nitrogen and oxygen atoms in total. The first-order valence-corrected chi connectivity index (χ1v) is 6.91. The van der Waals surface area contributed by atoms with E-state index in [-0.39, 0.29) is 0 Å². The zero-order chi connectivity index (χ0) is 11.2. The third-order valence-electron chi connectivity index (χ3n) is 2.28. The first-order chi connectivity index (χ1) is 7.41. The van der Waals surface area contributed by atoms with Crippen molar-refractivity contribution in [2.45, 2.75) is 58.3 Å². The van der Waals surface area contributed by atoms with E-state index < -0.39 is 0 Å². The molecule has 0 N–H and O–H groups in total. The third kappa shape index (κ3) is 13.4. The van der Waals surface area contributed by atoms with Crippen LogP contribution >= 0.6 is 11.8 Å². The van der Waals surface area contributed by atoms with Gasteiger partial charge >= 0.3 is 0 Å². The molecule has 0 fully saturated rings. The molecule has 0 spiro atoms. The minimum atomic E-state index is 1.07. The van der Waals surface area contributed by atoms with Crippen molar-refractivity contribution in [3.05, 3.63) is 0 Å². The number of rotatable bonds is 9. The van der Waals surface area contributed by atoms with Crippen molar-refractivity contribution in [3.63, 3.8) is 0 Å². The van der Waals surface area contributed by atoms with Crippen molar-refractivity contribution >= 4 is 11.8 Å². The molecule has 0 amide bonds. The summed E-state index contributed by atoms with van der Waals surface area (Å²) in [6.07, 6.45) is 10.8. The van der Waals surface area contributed by atoms with Gasteiger partial charge in [0.15, 0.2) is 6.07 Å². The fourth-order valence-corrected chi connectivity index (χ4v) is 1.99. The van der Waals surface area contributed by atoms with E-state index in [1.54, 1.807) is 11.8 Å². The van der Waals surface area contributed by atoms with E-state index in [4.69, 9.17) is 5.26 Å². The van der Waals surface area contributed by atoms with E-state index in [1.165, 1.54) is 51.4 Å². The Balaban J connectivity index is 2.96. The van der Waals surface area contributed by atoms with Gasteiger partial charge < -0.3 is 0 Å². The second-order valence-corrected chi connectivity index (χ2v) is 4.56. The zero-order valence-corrected chi connectivity index (χ0v) is 10.5. The number of hydrogen-bond acceptors (Lipinski definition) is 2. The van der Waals surface area contributed by atoms with Gasteiger partial charge in [0.1, 0.15) is 0 Å². The Hall–Kier alpha value is -0.600. The van der Waals surface area contributed by atoms with E-state index in [1.807, 2.05) is 6.07 Å². The summed E-state index contributed by atoms with van der Waals surface area (Å²) in [7, 11) is 0. The maximum Gasteiger partial charge on any atom is 0.153 e. The van der Waals surface area contributed by atoms with Crippen LogP contribution in [0.5, 0.6) is 0 Å². The Kier molecular flexibility index (Phi) is 12.9. The lowest BCUT2D eigenvalue weighted by Crippen LogP contribution is -1.82. The number of nitrogens with zero attached hydrogens (tertiary/aromatic N) is 1. The average molecular weight is 223 g/mol. The van der Waals surface area contributed by atoms with Crippen LogP contribution in [0.2, 0.25) is 0 Å². The van der Waals surface area contributed by atoms with Crippen LogP contribution in [0, 0.1) is 22.5 Å². The molecule has 0 heterocycles. The Bertz CT molecular complexity index is 219. The van der Waals surface area contributed by atoms with Crippen LogP contribution in [0.15, 0.2) is 0 Å². The molecular formula is C13H21NS. The van der Waals surface area contributed by atoms with Crippen molar-refractivity contribution in [2.24, 2.45) is 0 Å². The van der Waals surface area contributed by atoms with E-state index in [0.29, 0.717) is 0 Å². The maximum atomic E-state index is 8.17. The van der Waals surface area contributed by atoms with Crippen LogP contribution in [0.3, 0.4) is 0 Å². The number of unbranched alkanes of at least 4 members (excludes halogenated alkanes) is 7. The molecular weight excluding hydrogens is 202 g/mol. The molecule has 0 radical (unpaired) electrons. The monoisotopic (exact) mass is 223 g/mol. The van der Waals surface area contributed by atoms with Gasteiger partial charge in [-0.05, 0) is 11.7 Å². The molecule has 84 valence electrons. The first kappa shape index (κ1) is 14.4. The van der Waals surface area contributed by atoms with Gasteiger partial charge in [0.25, 0.3) is 0 Å². The van der Waals surface area contributed by atoms with Gasteiger partial charge in [0.2, 0.25) is 0 Å². The van der Waals surface area contributed by atoms with E-state index in [0.717, 1.165) is 5.75 Å². The summed E-state index contributed by atoms with van der Waals surface area (Å²) in [5.41, 5.74) is 0. The third-order valence-corrected chi connectivity index (χ3v) is 3.02. The zero-order valence-electron chi connectivity index (χ0n) is 9.72. The summed E-state index contributed by atoms with van der Waals surface area (Å²) < 4.78 is 0. The van der Waals surface area contributed by atoms with E-state index in [9.17, 15) is 0 Å². The summed E-state index contributed by atoms with van der Waals surface area (Å²) in [5.74, 6) is 3.47. The van der Waals surface area contributed by atoms with Gasteiger partial charge in [0, 0.05) is 11.7 Å².